The van der Waals surface area contributed by atoms with Crippen LogP contribution in [0.1, 0.15) is 56.4 Å². The first kappa shape index (κ1) is 31.0. The van der Waals surface area contributed by atoms with Crippen molar-refractivity contribution in [3.8, 4) is 17.1 Å². The number of anilines is 1. The maximum Gasteiger partial charge on any atom is 0.403 e. The van der Waals surface area contributed by atoms with E-state index in [0.717, 1.165) is 13.1 Å². The summed E-state index contributed by atoms with van der Waals surface area (Å²) in [4.78, 5) is 41.8. The summed E-state index contributed by atoms with van der Waals surface area (Å²) in [6, 6.07) is 6.99. The zero-order valence-electron chi connectivity index (χ0n) is 25.1. The Morgan fingerprint density at radius 2 is 1.84 bits per heavy atom. The highest BCUT2D eigenvalue weighted by molar-refractivity contribution is 5.98. The minimum absolute atomic E-state index is 0.140. The Balaban J connectivity index is 1.44. The summed E-state index contributed by atoms with van der Waals surface area (Å²) < 4.78 is 48.3. The molecule has 2 amide bonds. The molecule has 4 heterocycles. The molecule has 0 unspecified atom stereocenters. The van der Waals surface area contributed by atoms with Gasteiger partial charge in [0, 0.05) is 57.4 Å². The van der Waals surface area contributed by atoms with Gasteiger partial charge in [0.1, 0.15) is 5.41 Å². The van der Waals surface area contributed by atoms with Crippen molar-refractivity contribution in [3.05, 3.63) is 36.2 Å². The molecule has 2 aliphatic heterocycles. The van der Waals surface area contributed by atoms with Crippen LogP contribution in [0.3, 0.4) is 0 Å². The van der Waals surface area contributed by atoms with E-state index in [4.69, 9.17) is 9.72 Å². The molecule has 1 atom stereocenters. The van der Waals surface area contributed by atoms with Crippen LogP contribution in [0.25, 0.3) is 11.3 Å². The van der Waals surface area contributed by atoms with Crippen LogP contribution in [0.2, 0.25) is 0 Å². The fraction of sp³-hybridized carbons (Fsp3) is 0.613. The van der Waals surface area contributed by atoms with Crippen LogP contribution in [0, 0.1) is 11.3 Å². The summed E-state index contributed by atoms with van der Waals surface area (Å²) in [7, 11) is 2.03. The van der Waals surface area contributed by atoms with Crippen molar-refractivity contribution in [2.75, 3.05) is 57.8 Å². The van der Waals surface area contributed by atoms with Gasteiger partial charge in [-0.1, -0.05) is 19.8 Å². The van der Waals surface area contributed by atoms with E-state index in [2.05, 4.69) is 15.2 Å². The van der Waals surface area contributed by atoms with E-state index in [-0.39, 0.29) is 43.6 Å². The lowest BCUT2D eigenvalue weighted by Gasteiger charge is -2.45. The SMILES string of the molecule is CCOc1ncccc1-c1ccc(N2CCN(C(=O)C3(C(F)(F)F)CCCC3)C[C@H]2CC)c(C(=O)NCC2CN(C)C2)n1. The third kappa shape index (κ3) is 6.16. The van der Waals surface area contributed by atoms with Crippen LogP contribution < -0.4 is 15.0 Å². The van der Waals surface area contributed by atoms with Crippen LogP contribution in [0.4, 0.5) is 18.9 Å². The zero-order valence-corrected chi connectivity index (χ0v) is 25.1. The largest absolute Gasteiger partial charge is 0.477 e. The summed E-state index contributed by atoms with van der Waals surface area (Å²) in [5.41, 5.74) is -0.276. The minimum Gasteiger partial charge on any atom is -0.477 e. The molecule has 1 aliphatic carbocycles. The lowest BCUT2D eigenvalue weighted by atomic mass is 9.83. The van der Waals surface area contributed by atoms with E-state index in [1.54, 1.807) is 12.3 Å². The summed E-state index contributed by atoms with van der Waals surface area (Å²) in [5.74, 6) is -0.354. The molecule has 2 aromatic rings. The molecule has 0 radical (unpaired) electrons. The van der Waals surface area contributed by atoms with Gasteiger partial charge in [-0.2, -0.15) is 13.2 Å². The molecular weight excluding hydrogens is 561 g/mol. The molecule has 0 bridgehead atoms. The number of alkyl halides is 3. The van der Waals surface area contributed by atoms with E-state index in [0.29, 0.717) is 67.7 Å². The second-order valence-corrected chi connectivity index (χ2v) is 11.9. The number of ether oxygens (including phenoxy) is 1. The van der Waals surface area contributed by atoms with Gasteiger partial charge >= 0.3 is 6.18 Å². The second kappa shape index (κ2) is 12.7. The molecule has 43 heavy (non-hydrogen) atoms. The monoisotopic (exact) mass is 602 g/mol. The van der Waals surface area contributed by atoms with Crippen molar-refractivity contribution in [1.82, 2.24) is 25.1 Å². The molecule has 0 aromatic carbocycles. The number of halogens is 3. The van der Waals surface area contributed by atoms with E-state index in [9.17, 15) is 22.8 Å². The number of nitrogens with one attached hydrogen (secondary N) is 1. The van der Waals surface area contributed by atoms with Crippen LogP contribution >= 0.6 is 0 Å². The lowest BCUT2D eigenvalue weighted by Crippen LogP contribution is -2.60. The van der Waals surface area contributed by atoms with Crippen molar-refractivity contribution < 1.29 is 27.5 Å². The molecule has 1 saturated carbocycles. The quantitative estimate of drug-likeness (QED) is 0.456. The highest BCUT2D eigenvalue weighted by Gasteiger charge is 2.62. The van der Waals surface area contributed by atoms with E-state index in [1.165, 1.54) is 4.90 Å². The number of hydrogen-bond acceptors (Lipinski definition) is 7. The normalized spacial score (nSPS) is 21.0. The van der Waals surface area contributed by atoms with Crippen LogP contribution in [-0.4, -0.2) is 96.7 Å². The van der Waals surface area contributed by atoms with Crippen LogP contribution in [-0.2, 0) is 4.79 Å². The van der Waals surface area contributed by atoms with Crippen LogP contribution in [0.15, 0.2) is 30.5 Å². The van der Waals surface area contributed by atoms with E-state index < -0.39 is 17.5 Å². The van der Waals surface area contributed by atoms with E-state index in [1.807, 2.05) is 44.0 Å². The lowest BCUT2D eigenvalue weighted by molar-refractivity contribution is -0.226. The highest BCUT2D eigenvalue weighted by atomic mass is 19.4. The molecule has 234 valence electrons. The molecule has 3 aliphatic rings. The molecular formula is C31H41F3N6O3. The number of aromatic nitrogens is 2. The molecule has 1 N–H and O–H groups in total. The summed E-state index contributed by atoms with van der Waals surface area (Å²) in [6.45, 7) is 7.14. The average Bonchev–Trinajstić information content (AvgIpc) is 3.50. The predicted octanol–water partition coefficient (Wildman–Crippen LogP) is 4.38. The number of rotatable bonds is 9. The van der Waals surface area contributed by atoms with Crippen molar-refractivity contribution >= 4 is 17.5 Å². The highest BCUT2D eigenvalue weighted by Crippen LogP contribution is 2.52. The number of hydrogen-bond donors (Lipinski definition) is 1. The Labute approximate surface area is 250 Å². The predicted molar refractivity (Wildman–Crippen MR) is 157 cm³/mol. The van der Waals surface area contributed by atoms with Gasteiger partial charge < -0.3 is 24.8 Å². The summed E-state index contributed by atoms with van der Waals surface area (Å²) in [5, 5.41) is 3.05. The zero-order chi connectivity index (χ0) is 30.8. The van der Waals surface area contributed by atoms with Gasteiger partial charge in [-0.05, 0) is 57.5 Å². The number of amides is 2. The Morgan fingerprint density at radius 1 is 1.09 bits per heavy atom. The Hall–Kier alpha value is -3.41. The third-order valence-electron chi connectivity index (χ3n) is 9.07. The van der Waals surface area contributed by atoms with Crippen molar-refractivity contribution in [3.63, 3.8) is 0 Å². The smallest absolute Gasteiger partial charge is 0.403 e. The maximum absolute atomic E-state index is 14.2. The Kier molecular flexibility index (Phi) is 9.15. The molecule has 12 heteroatoms. The maximum atomic E-state index is 14.2. The molecule has 2 aromatic heterocycles. The van der Waals surface area contributed by atoms with Crippen molar-refractivity contribution in [2.24, 2.45) is 11.3 Å². The number of likely N-dealkylation sites (tertiary alicyclic amines) is 1. The summed E-state index contributed by atoms with van der Waals surface area (Å²) in [6.07, 6.45) is -1.87. The fourth-order valence-electron chi connectivity index (χ4n) is 6.72. The van der Waals surface area contributed by atoms with Gasteiger partial charge in [0.05, 0.1) is 23.6 Å². The Bertz CT molecular complexity index is 1310. The molecule has 2 saturated heterocycles. The first-order valence-corrected chi connectivity index (χ1v) is 15.3. The average molecular weight is 603 g/mol. The Morgan fingerprint density at radius 3 is 2.49 bits per heavy atom. The first-order chi connectivity index (χ1) is 20.6. The molecule has 5 rings (SSSR count). The molecule has 9 nitrogen and oxygen atoms in total. The number of nitrogens with zero attached hydrogens (tertiary/aromatic N) is 5. The van der Waals surface area contributed by atoms with E-state index >= 15 is 0 Å². The summed E-state index contributed by atoms with van der Waals surface area (Å²) >= 11 is 0. The number of carbonyl (C=O) groups is 2. The minimum atomic E-state index is -4.58. The van der Waals surface area contributed by atoms with Crippen molar-refractivity contribution in [2.45, 2.75) is 58.2 Å². The van der Waals surface area contributed by atoms with Gasteiger partial charge in [-0.15, -0.1) is 0 Å². The van der Waals surface area contributed by atoms with Gasteiger partial charge in [-0.3, -0.25) is 9.59 Å². The standard InChI is InChI=1S/C31H41F3N6O3/c1-4-22-20-39(29(42)30(31(32,33)34)12-6-7-13-30)15-16-40(22)25-11-10-24(23-9-8-14-35-28(23)43-5-2)37-26(25)27(41)36-17-21-18-38(3)19-21/h8-11,14,21-22H,4-7,12-13,15-20H2,1-3H3,(H,36,41)/t22-/m1/s1. The molecule has 0 spiro atoms. The van der Waals surface area contributed by atoms with Gasteiger partial charge in [0.2, 0.25) is 11.8 Å². The second-order valence-electron chi connectivity index (χ2n) is 11.9. The molecule has 3 fully saturated rings. The van der Waals surface area contributed by atoms with Gasteiger partial charge in [0.25, 0.3) is 5.91 Å². The number of carbonyl (C=O) groups excluding carboxylic acids is 2. The third-order valence-corrected chi connectivity index (χ3v) is 9.07. The van der Waals surface area contributed by atoms with Crippen LogP contribution in [0.5, 0.6) is 5.88 Å². The topological polar surface area (TPSA) is 90.9 Å². The first-order valence-electron chi connectivity index (χ1n) is 15.3. The number of piperazine rings is 1. The van der Waals surface area contributed by atoms with Gasteiger partial charge in [0.15, 0.2) is 5.69 Å². The van der Waals surface area contributed by atoms with Crippen molar-refractivity contribution in [1.29, 1.82) is 0 Å². The van der Waals surface area contributed by atoms with Gasteiger partial charge in [-0.25, -0.2) is 9.97 Å². The number of pyridine rings is 2. The fourth-order valence-corrected chi connectivity index (χ4v) is 6.72.